The molecule has 0 amide bonds. The van der Waals surface area contributed by atoms with E-state index in [-0.39, 0.29) is 22.8 Å². The van der Waals surface area contributed by atoms with E-state index in [1.54, 1.807) is 19.4 Å². The third-order valence-electron chi connectivity index (χ3n) is 6.04. The number of nitrogens with one attached hydrogen (secondary N) is 3. The number of hydrogen-bond acceptors (Lipinski definition) is 8. The Kier molecular flexibility index (Phi) is 6.55. The predicted octanol–water partition coefficient (Wildman–Crippen LogP) is 5.08. The van der Waals surface area contributed by atoms with Crippen LogP contribution < -0.4 is 31.5 Å². The quantitative estimate of drug-likeness (QED) is 0.306. The van der Waals surface area contributed by atoms with E-state index in [1.165, 1.54) is 0 Å². The topological polar surface area (TPSA) is 105 Å². The van der Waals surface area contributed by atoms with Crippen LogP contribution in [0.5, 0.6) is 5.75 Å². The molecule has 1 aromatic heterocycles. The third-order valence-corrected chi connectivity index (χ3v) is 6.04. The van der Waals surface area contributed by atoms with Gasteiger partial charge < -0.3 is 20.7 Å². The van der Waals surface area contributed by atoms with E-state index < -0.39 is 10.9 Å². The van der Waals surface area contributed by atoms with Crippen molar-refractivity contribution in [2.75, 3.05) is 23.1 Å². The van der Waals surface area contributed by atoms with Gasteiger partial charge in [-0.25, -0.2) is 4.98 Å². The van der Waals surface area contributed by atoms with E-state index in [2.05, 4.69) is 46.7 Å². The average molecular weight is 472 g/mol. The van der Waals surface area contributed by atoms with Gasteiger partial charge in [-0.2, -0.15) is 4.98 Å². The van der Waals surface area contributed by atoms with Crippen LogP contribution in [0.4, 0.5) is 28.8 Å². The van der Waals surface area contributed by atoms with Gasteiger partial charge in [0, 0.05) is 23.5 Å². The van der Waals surface area contributed by atoms with Gasteiger partial charge in [0.15, 0.2) is 0 Å². The molecule has 1 atom stereocenters. The van der Waals surface area contributed by atoms with E-state index in [0.717, 1.165) is 22.6 Å². The molecular formula is C27H29N5O3. The lowest BCUT2D eigenvalue weighted by molar-refractivity contribution is 0.359. The van der Waals surface area contributed by atoms with Crippen molar-refractivity contribution >= 4 is 28.8 Å². The standard InChI is InChI=1S/C27H29N5O3/c1-16(27(2,3)4)29-22-23(25(34)24(22)33)31-21-14-15-28-26(32-21)30-18-12-10-17(11-13-18)19-8-6-7-9-20(19)35-5/h6-16,29H,1-5H3,(H2,28,30,31,32)/t16-/m1/s1. The average Bonchev–Trinajstić information content (AvgIpc) is 2.86. The molecule has 0 unspecified atom stereocenters. The minimum absolute atomic E-state index is 0.00666. The highest BCUT2D eigenvalue weighted by Crippen LogP contribution is 2.31. The summed E-state index contributed by atoms with van der Waals surface area (Å²) in [5.74, 6) is 1.57. The van der Waals surface area contributed by atoms with Crippen molar-refractivity contribution in [3.05, 3.63) is 81.2 Å². The van der Waals surface area contributed by atoms with Crippen molar-refractivity contribution in [1.29, 1.82) is 0 Å². The summed E-state index contributed by atoms with van der Waals surface area (Å²) in [6.07, 6.45) is 1.58. The number of para-hydroxylation sites is 1. The van der Waals surface area contributed by atoms with Crippen LogP contribution in [0.2, 0.25) is 0 Å². The molecule has 0 aliphatic rings. The van der Waals surface area contributed by atoms with Gasteiger partial charge in [-0.15, -0.1) is 0 Å². The summed E-state index contributed by atoms with van der Waals surface area (Å²) < 4.78 is 5.45. The first kappa shape index (κ1) is 23.9. The maximum Gasteiger partial charge on any atom is 0.253 e. The Hall–Kier alpha value is -4.20. The number of aromatic nitrogens is 2. The lowest BCUT2D eigenvalue weighted by atomic mass is 9.87. The second-order valence-electron chi connectivity index (χ2n) is 9.43. The molecule has 0 aliphatic carbocycles. The van der Waals surface area contributed by atoms with Crippen LogP contribution in [0.25, 0.3) is 11.1 Å². The summed E-state index contributed by atoms with van der Waals surface area (Å²) >= 11 is 0. The number of anilines is 5. The summed E-state index contributed by atoms with van der Waals surface area (Å²) in [7, 11) is 1.65. The van der Waals surface area contributed by atoms with Gasteiger partial charge in [0.25, 0.3) is 10.9 Å². The van der Waals surface area contributed by atoms with E-state index >= 15 is 0 Å². The zero-order chi connectivity index (χ0) is 25.2. The van der Waals surface area contributed by atoms with Gasteiger partial charge in [-0.1, -0.05) is 51.1 Å². The van der Waals surface area contributed by atoms with E-state index in [0.29, 0.717) is 11.8 Å². The smallest absolute Gasteiger partial charge is 0.253 e. The first-order chi connectivity index (χ1) is 16.7. The van der Waals surface area contributed by atoms with Gasteiger partial charge in [-0.3, -0.25) is 9.59 Å². The highest BCUT2D eigenvalue weighted by molar-refractivity contribution is 5.78. The Morgan fingerprint density at radius 3 is 2.26 bits per heavy atom. The van der Waals surface area contributed by atoms with Crippen molar-refractivity contribution in [3.63, 3.8) is 0 Å². The number of methoxy groups -OCH3 is 1. The van der Waals surface area contributed by atoms with Gasteiger partial charge in [0.1, 0.15) is 22.9 Å². The van der Waals surface area contributed by atoms with Crippen LogP contribution in [-0.4, -0.2) is 23.1 Å². The number of nitrogens with zero attached hydrogens (tertiary/aromatic N) is 2. The fourth-order valence-corrected chi connectivity index (χ4v) is 3.44. The van der Waals surface area contributed by atoms with Crippen LogP contribution in [-0.2, 0) is 0 Å². The Balaban J connectivity index is 1.49. The molecule has 3 aromatic carbocycles. The number of ether oxygens (including phenoxy) is 1. The molecule has 0 bridgehead atoms. The van der Waals surface area contributed by atoms with Crippen LogP contribution in [0.15, 0.2) is 70.4 Å². The molecular weight excluding hydrogens is 442 g/mol. The molecule has 180 valence electrons. The van der Waals surface area contributed by atoms with Crippen molar-refractivity contribution in [2.24, 2.45) is 5.41 Å². The predicted molar refractivity (Wildman–Crippen MR) is 141 cm³/mol. The molecule has 1 heterocycles. The van der Waals surface area contributed by atoms with Crippen molar-refractivity contribution in [3.8, 4) is 16.9 Å². The largest absolute Gasteiger partial charge is 0.496 e. The second-order valence-corrected chi connectivity index (χ2v) is 9.43. The molecule has 35 heavy (non-hydrogen) atoms. The zero-order valence-corrected chi connectivity index (χ0v) is 20.5. The Labute approximate surface area is 204 Å². The summed E-state index contributed by atoms with van der Waals surface area (Å²) in [6, 6.07) is 17.3. The maximum absolute atomic E-state index is 12.2. The SMILES string of the molecule is COc1ccccc1-c1ccc(Nc2nccc(Nc3c(N[C@H](C)C(C)(C)C)c(=O)c3=O)n2)cc1. The highest BCUT2D eigenvalue weighted by Gasteiger charge is 2.27. The summed E-state index contributed by atoms with van der Waals surface area (Å²) in [5.41, 5.74) is 2.17. The molecule has 0 radical (unpaired) electrons. The van der Waals surface area contributed by atoms with E-state index in [4.69, 9.17) is 4.74 Å². The Bertz CT molecular complexity index is 1400. The molecule has 0 saturated carbocycles. The van der Waals surface area contributed by atoms with Crippen LogP contribution in [0.1, 0.15) is 27.7 Å². The van der Waals surface area contributed by atoms with E-state index in [1.807, 2.05) is 55.5 Å². The number of rotatable bonds is 8. The minimum Gasteiger partial charge on any atom is -0.496 e. The first-order valence-electron chi connectivity index (χ1n) is 11.4. The normalized spacial score (nSPS) is 12.3. The molecule has 0 spiro atoms. The number of benzene rings is 2. The molecule has 0 fully saturated rings. The van der Waals surface area contributed by atoms with Gasteiger partial charge in [0.05, 0.1) is 7.11 Å². The van der Waals surface area contributed by atoms with Gasteiger partial charge in [-0.05, 0) is 42.2 Å². The minimum atomic E-state index is -0.561. The second kappa shape index (κ2) is 9.58. The molecule has 4 rings (SSSR count). The molecule has 8 heteroatoms. The zero-order valence-electron chi connectivity index (χ0n) is 20.5. The van der Waals surface area contributed by atoms with Gasteiger partial charge >= 0.3 is 0 Å². The van der Waals surface area contributed by atoms with Crippen LogP contribution in [0.3, 0.4) is 0 Å². The maximum atomic E-state index is 12.2. The third kappa shape index (κ3) is 5.16. The molecule has 0 saturated heterocycles. The summed E-state index contributed by atoms with van der Waals surface area (Å²) in [6.45, 7) is 8.17. The molecule has 0 aliphatic heterocycles. The monoisotopic (exact) mass is 471 g/mol. The highest BCUT2D eigenvalue weighted by atomic mass is 16.5. The van der Waals surface area contributed by atoms with Crippen molar-refractivity contribution in [2.45, 2.75) is 33.7 Å². The fourth-order valence-electron chi connectivity index (χ4n) is 3.44. The Morgan fingerprint density at radius 1 is 0.886 bits per heavy atom. The summed E-state index contributed by atoms with van der Waals surface area (Å²) in [4.78, 5) is 33.0. The van der Waals surface area contributed by atoms with E-state index in [9.17, 15) is 9.59 Å². The fraction of sp³-hybridized carbons (Fsp3) is 0.259. The van der Waals surface area contributed by atoms with Crippen LogP contribution >= 0.6 is 0 Å². The summed E-state index contributed by atoms with van der Waals surface area (Å²) in [5, 5.41) is 9.31. The van der Waals surface area contributed by atoms with Crippen molar-refractivity contribution in [1.82, 2.24) is 9.97 Å². The van der Waals surface area contributed by atoms with Crippen molar-refractivity contribution < 1.29 is 4.74 Å². The number of hydrogen-bond donors (Lipinski definition) is 3. The molecule has 4 aromatic rings. The van der Waals surface area contributed by atoms with Gasteiger partial charge in [0.2, 0.25) is 5.95 Å². The Morgan fingerprint density at radius 2 is 1.57 bits per heavy atom. The molecule has 8 nitrogen and oxygen atoms in total. The van der Waals surface area contributed by atoms with Crippen LogP contribution in [0, 0.1) is 5.41 Å². The lowest BCUT2D eigenvalue weighted by Gasteiger charge is -2.30. The first-order valence-corrected chi connectivity index (χ1v) is 11.4. The molecule has 3 N–H and O–H groups in total. The lowest BCUT2D eigenvalue weighted by Crippen LogP contribution is -2.41.